The first-order valence-electron chi connectivity index (χ1n) is 6.27. The summed E-state index contributed by atoms with van der Waals surface area (Å²) in [5.74, 6) is 0.621. The van der Waals surface area contributed by atoms with Crippen molar-refractivity contribution >= 4 is 16.2 Å². The Hall–Kier alpha value is -2.34. The van der Waals surface area contributed by atoms with E-state index in [0.717, 1.165) is 5.56 Å². The quantitative estimate of drug-likeness (QED) is 0.681. The van der Waals surface area contributed by atoms with E-state index >= 15 is 0 Å². The smallest absolute Gasteiger partial charge is 0.276 e. The summed E-state index contributed by atoms with van der Waals surface area (Å²) in [5, 5.41) is 3.78. The number of methoxy groups -OCH3 is 1. The standard InChI is InChI=1S/C15H16N2O3S/c1-12-7-9-14(10-8-12)21(18,19)17-16-11-13-5-3-4-6-15(13)20-2/h3-11,17H,1-2H3. The van der Waals surface area contributed by atoms with Gasteiger partial charge < -0.3 is 4.74 Å². The molecule has 0 unspecified atom stereocenters. The topological polar surface area (TPSA) is 67.8 Å². The van der Waals surface area contributed by atoms with Crippen molar-refractivity contribution < 1.29 is 13.2 Å². The molecule has 0 bridgehead atoms. The Morgan fingerprint density at radius 3 is 2.43 bits per heavy atom. The summed E-state index contributed by atoms with van der Waals surface area (Å²) in [7, 11) is -2.11. The van der Waals surface area contributed by atoms with Gasteiger partial charge >= 0.3 is 0 Å². The highest BCUT2D eigenvalue weighted by Gasteiger charge is 2.11. The van der Waals surface area contributed by atoms with E-state index in [9.17, 15) is 8.42 Å². The zero-order valence-electron chi connectivity index (χ0n) is 11.8. The summed E-state index contributed by atoms with van der Waals surface area (Å²) in [4.78, 5) is 2.35. The Balaban J connectivity index is 2.14. The molecule has 1 N–H and O–H groups in total. The molecule has 0 amide bonds. The van der Waals surface area contributed by atoms with Crippen LogP contribution in [-0.4, -0.2) is 21.7 Å². The Bertz CT molecular complexity index is 738. The van der Waals surface area contributed by atoms with Crippen molar-refractivity contribution in [2.45, 2.75) is 11.8 Å². The number of sulfonamides is 1. The van der Waals surface area contributed by atoms with Gasteiger partial charge in [0.15, 0.2) is 0 Å². The average Bonchev–Trinajstić information content (AvgIpc) is 2.48. The third-order valence-corrected chi connectivity index (χ3v) is 4.09. The maximum Gasteiger partial charge on any atom is 0.276 e. The summed E-state index contributed by atoms with van der Waals surface area (Å²) in [6.45, 7) is 1.89. The fourth-order valence-electron chi connectivity index (χ4n) is 1.71. The predicted octanol–water partition coefficient (Wildman–Crippen LogP) is 2.32. The molecule has 6 heteroatoms. The number of hydrogen-bond acceptors (Lipinski definition) is 4. The lowest BCUT2D eigenvalue weighted by Crippen LogP contribution is -2.18. The van der Waals surface area contributed by atoms with Gasteiger partial charge in [-0.15, -0.1) is 0 Å². The molecule has 0 atom stereocenters. The molecule has 0 aromatic heterocycles. The van der Waals surface area contributed by atoms with Gasteiger partial charge in [0, 0.05) is 5.56 Å². The molecule has 5 nitrogen and oxygen atoms in total. The number of benzene rings is 2. The van der Waals surface area contributed by atoms with E-state index < -0.39 is 10.0 Å². The molecule has 0 aliphatic heterocycles. The van der Waals surface area contributed by atoms with Crippen LogP contribution in [0.15, 0.2) is 58.5 Å². The first kappa shape index (κ1) is 15.1. The highest BCUT2D eigenvalue weighted by molar-refractivity contribution is 7.89. The van der Waals surface area contributed by atoms with Gasteiger partial charge in [-0.05, 0) is 31.2 Å². The fraction of sp³-hybridized carbons (Fsp3) is 0.133. The molecule has 0 aliphatic rings. The van der Waals surface area contributed by atoms with Gasteiger partial charge in [0.05, 0.1) is 18.2 Å². The fourth-order valence-corrected chi connectivity index (χ4v) is 2.50. The summed E-state index contributed by atoms with van der Waals surface area (Å²) in [6, 6.07) is 13.7. The number of nitrogens with one attached hydrogen (secondary N) is 1. The van der Waals surface area contributed by atoms with Gasteiger partial charge in [0.25, 0.3) is 10.0 Å². The van der Waals surface area contributed by atoms with Crippen LogP contribution in [0.4, 0.5) is 0 Å². The van der Waals surface area contributed by atoms with Crippen LogP contribution in [0, 0.1) is 6.92 Å². The Morgan fingerprint density at radius 2 is 1.76 bits per heavy atom. The minimum absolute atomic E-state index is 0.172. The van der Waals surface area contributed by atoms with E-state index in [1.807, 2.05) is 19.1 Å². The zero-order valence-corrected chi connectivity index (χ0v) is 12.6. The molecule has 0 saturated heterocycles. The molecule has 21 heavy (non-hydrogen) atoms. The van der Waals surface area contributed by atoms with Crippen LogP contribution < -0.4 is 9.57 Å². The van der Waals surface area contributed by atoms with Gasteiger partial charge in [0.1, 0.15) is 5.75 Å². The third-order valence-electron chi connectivity index (χ3n) is 2.85. The summed E-state index contributed by atoms with van der Waals surface area (Å²) < 4.78 is 29.2. The SMILES string of the molecule is COc1ccccc1C=NNS(=O)(=O)c1ccc(C)cc1. The van der Waals surface area contributed by atoms with E-state index in [2.05, 4.69) is 9.93 Å². The van der Waals surface area contributed by atoms with Gasteiger partial charge in [-0.25, -0.2) is 4.83 Å². The monoisotopic (exact) mass is 304 g/mol. The first-order valence-corrected chi connectivity index (χ1v) is 7.76. The molecule has 2 rings (SSSR count). The van der Waals surface area contributed by atoms with Crippen LogP contribution in [0.1, 0.15) is 11.1 Å². The summed E-state index contributed by atoms with van der Waals surface area (Å²) in [5.41, 5.74) is 1.68. The predicted molar refractivity (Wildman–Crippen MR) is 82.1 cm³/mol. The second-order valence-corrected chi connectivity index (χ2v) is 6.07. The molecule has 2 aromatic rings. The summed E-state index contributed by atoms with van der Waals surface area (Å²) in [6.07, 6.45) is 1.41. The van der Waals surface area contributed by atoms with Crippen molar-refractivity contribution in [3.8, 4) is 5.75 Å². The zero-order chi connectivity index (χ0) is 15.3. The normalized spacial score (nSPS) is 11.5. The molecule has 0 spiro atoms. The van der Waals surface area contributed by atoms with Crippen LogP contribution in [0.2, 0.25) is 0 Å². The van der Waals surface area contributed by atoms with Gasteiger partial charge in [0.2, 0.25) is 0 Å². The Morgan fingerprint density at radius 1 is 1.10 bits per heavy atom. The Labute approximate surface area is 124 Å². The molecule has 0 saturated carbocycles. The van der Waals surface area contributed by atoms with E-state index in [4.69, 9.17) is 4.74 Å². The lowest BCUT2D eigenvalue weighted by atomic mass is 10.2. The van der Waals surface area contributed by atoms with Crippen LogP contribution >= 0.6 is 0 Å². The van der Waals surface area contributed by atoms with Crippen LogP contribution in [-0.2, 0) is 10.0 Å². The third kappa shape index (κ3) is 3.82. The average molecular weight is 304 g/mol. The van der Waals surface area contributed by atoms with Crippen molar-refractivity contribution in [3.63, 3.8) is 0 Å². The number of rotatable bonds is 5. The lowest BCUT2D eigenvalue weighted by Gasteiger charge is -2.05. The second kappa shape index (κ2) is 6.41. The minimum atomic E-state index is -3.66. The lowest BCUT2D eigenvalue weighted by molar-refractivity contribution is 0.414. The van der Waals surface area contributed by atoms with E-state index in [1.165, 1.54) is 18.3 Å². The molecule has 0 fully saturated rings. The molecular formula is C15H16N2O3S. The molecule has 110 valence electrons. The number of para-hydroxylation sites is 1. The number of hydrogen-bond donors (Lipinski definition) is 1. The van der Waals surface area contributed by atoms with E-state index in [1.54, 1.807) is 31.4 Å². The van der Waals surface area contributed by atoms with Crippen LogP contribution in [0.25, 0.3) is 0 Å². The number of aryl methyl sites for hydroxylation is 1. The minimum Gasteiger partial charge on any atom is -0.496 e. The molecule has 2 aromatic carbocycles. The molecule has 0 aliphatic carbocycles. The maximum atomic E-state index is 12.0. The second-order valence-electron chi connectivity index (χ2n) is 4.41. The molecule has 0 radical (unpaired) electrons. The molecular weight excluding hydrogens is 288 g/mol. The van der Waals surface area contributed by atoms with Crippen LogP contribution in [0.5, 0.6) is 5.75 Å². The largest absolute Gasteiger partial charge is 0.496 e. The van der Waals surface area contributed by atoms with Crippen LogP contribution in [0.3, 0.4) is 0 Å². The summed E-state index contributed by atoms with van der Waals surface area (Å²) >= 11 is 0. The number of ether oxygens (including phenoxy) is 1. The Kier molecular flexibility index (Phi) is 4.59. The van der Waals surface area contributed by atoms with Gasteiger partial charge in [-0.1, -0.05) is 29.8 Å². The maximum absolute atomic E-state index is 12.0. The highest BCUT2D eigenvalue weighted by atomic mass is 32.2. The van der Waals surface area contributed by atoms with Crippen molar-refractivity contribution in [2.75, 3.05) is 7.11 Å². The van der Waals surface area contributed by atoms with Gasteiger partial charge in [-0.3, -0.25) is 0 Å². The molecule has 0 heterocycles. The van der Waals surface area contributed by atoms with Crippen molar-refractivity contribution in [3.05, 3.63) is 59.7 Å². The van der Waals surface area contributed by atoms with Crippen molar-refractivity contribution in [1.29, 1.82) is 0 Å². The van der Waals surface area contributed by atoms with Gasteiger partial charge in [-0.2, -0.15) is 13.5 Å². The first-order chi connectivity index (χ1) is 10.0. The highest BCUT2D eigenvalue weighted by Crippen LogP contribution is 2.15. The van der Waals surface area contributed by atoms with Crippen molar-refractivity contribution in [2.24, 2.45) is 5.10 Å². The van der Waals surface area contributed by atoms with E-state index in [0.29, 0.717) is 11.3 Å². The number of hydrazone groups is 1. The number of nitrogens with zero attached hydrogens (tertiary/aromatic N) is 1. The van der Waals surface area contributed by atoms with Crippen molar-refractivity contribution in [1.82, 2.24) is 4.83 Å². The van der Waals surface area contributed by atoms with E-state index in [-0.39, 0.29) is 4.90 Å².